The molecule has 2 aliphatic rings. The third kappa shape index (κ3) is 2.58. The Morgan fingerprint density at radius 3 is 2.95 bits per heavy atom. The Hall–Kier alpha value is -1.74. The Bertz CT molecular complexity index is 664. The number of aromatic nitrogens is 1. The smallest absolute Gasteiger partial charge is 0.127 e. The Balaban J connectivity index is 1.63. The summed E-state index contributed by atoms with van der Waals surface area (Å²) in [5.74, 6) is 0.00995. The second-order valence-corrected chi connectivity index (χ2v) is 6.15. The lowest BCUT2D eigenvalue weighted by Gasteiger charge is -2.14. The first-order chi connectivity index (χ1) is 10.3. The lowest BCUT2D eigenvalue weighted by molar-refractivity contribution is 0.589. The van der Waals surface area contributed by atoms with Gasteiger partial charge in [-0.15, -0.1) is 0 Å². The zero-order valence-electron chi connectivity index (χ0n) is 12.0. The minimum absolute atomic E-state index is 0.103. The fraction of sp³-hybridized carbons (Fsp3) is 0.389. The number of benzene rings is 1. The van der Waals surface area contributed by atoms with Crippen molar-refractivity contribution in [2.45, 2.75) is 44.2 Å². The van der Waals surface area contributed by atoms with Gasteiger partial charge in [0.2, 0.25) is 0 Å². The fourth-order valence-electron chi connectivity index (χ4n) is 3.24. The van der Waals surface area contributed by atoms with Crippen LogP contribution in [0.2, 0.25) is 0 Å². The van der Waals surface area contributed by atoms with Crippen molar-refractivity contribution in [2.75, 3.05) is 0 Å². The molecule has 0 bridgehead atoms. The molecule has 1 saturated carbocycles. The number of nitrogens with zero attached hydrogens (tertiary/aromatic N) is 1. The highest BCUT2D eigenvalue weighted by atomic mass is 19.1. The predicted octanol–water partition coefficient (Wildman–Crippen LogP) is 3.55. The van der Waals surface area contributed by atoms with Crippen LogP contribution < -0.4 is 5.32 Å². The fourth-order valence-corrected chi connectivity index (χ4v) is 3.24. The van der Waals surface area contributed by atoms with Gasteiger partial charge < -0.3 is 5.32 Å². The molecule has 2 aromatic rings. The normalized spacial score (nSPS) is 20.5. The molecule has 1 heterocycles. The molecule has 1 N–H and O–H groups in total. The van der Waals surface area contributed by atoms with E-state index in [-0.39, 0.29) is 11.7 Å². The maximum atomic E-state index is 14.3. The van der Waals surface area contributed by atoms with Gasteiger partial charge in [0.05, 0.1) is 5.69 Å². The second kappa shape index (κ2) is 5.23. The average molecular weight is 282 g/mol. The van der Waals surface area contributed by atoms with E-state index in [1.54, 1.807) is 6.07 Å². The molecule has 2 nitrogen and oxygen atoms in total. The molecule has 1 fully saturated rings. The standard InChI is InChI=1S/C18H19FN2/c19-17-8-3-12(11-21-14-5-6-14)10-16(17)15-7-4-13-2-1-9-20-18(13)15/h1-3,8-10,14-15,21H,4-7,11H2. The third-order valence-electron chi connectivity index (χ3n) is 4.57. The molecule has 2 aliphatic carbocycles. The molecule has 1 aromatic heterocycles. The molecule has 1 unspecified atom stereocenters. The molecule has 4 rings (SSSR count). The van der Waals surface area contributed by atoms with Crippen molar-refractivity contribution in [3.63, 3.8) is 0 Å². The molecule has 0 radical (unpaired) electrons. The monoisotopic (exact) mass is 282 g/mol. The first kappa shape index (κ1) is 13.0. The number of halogens is 1. The van der Waals surface area contributed by atoms with Crippen LogP contribution in [0.1, 0.15) is 47.6 Å². The van der Waals surface area contributed by atoms with Crippen LogP contribution in [0, 0.1) is 5.82 Å². The molecule has 21 heavy (non-hydrogen) atoms. The van der Waals surface area contributed by atoms with Gasteiger partial charge in [-0.3, -0.25) is 4.98 Å². The number of pyridine rings is 1. The Labute approximate surface area is 124 Å². The quantitative estimate of drug-likeness (QED) is 0.927. The van der Waals surface area contributed by atoms with Gasteiger partial charge >= 0.3 is 0 Å². The van der Waals surface area contributed by atoms with E-state index in [9.17, 15) is 4.39 Å². The van der Waals surface area contributed by atoms with Crippen LogP contribution >= 0.6 is 0 Å². The summed E-state index contributed by atoms with van der Waals surface area (Å²) >= 11 is 0. The number of aryl methyl sites for hydroxylation is 1. The van der Waals surface area contributed by atoms with E-state index < -0.39 is 0 Å². The van der Waals surface area contributed by atoms with Crippen LogP contribution in [0.4, 0.5) is 4.39 Å². The summed E-state index contributed by atoms with van der Waals surface area (Å²) in [5, 5.41) is 3.49. The number of rotatable bonds is 4. The Morgan fingerprint density at radius 1 is 1.19 bits per heavy atom. The van der Waals surface area contributed by atoms with Crippen molar-refractivity contribution in [3.05, 3.63) is 64.7 Å². The number of hydrogen-bond acceptors (Lipinski definition) is 2. The summed E-state index contributed by atoms with van der Waals surface area (Å²) in [6.07, 6.45) is 6.32. The zero-order chi connectivity index (χ0) is 14.2. The summed E-state index contributed by atoms with van der Waals surface area (Å²) in [4.78, 5) is 4.49. The van der Waals surface area contributed by atoms with Crippen molar-refractivity contribution >= 4 is 0 Å². The maximum absolute atomic E-state index is 14.3. The van der Waals surface area contributed by atoms with E-state index in [2.05, 4.69) is 16.4 Å². The van der Waals surface area contributed by atoms with E-state index in [1.807, 2.05) is 24.4 Å². The van der Waals surface area contributed by atoms with Gasteiger partial charge in [-0.1, -0.05) is 18.2 Å². The molecule has 1 aromatic carbocycles. The van der Waals surface area contributed by atoms with Gasteiger partial charge in [0.25, 0.3) is 0 Å². The van der Waals surface area contributed by atoms with Crippen LogP contribution in [-0.2, 0) is 13.0 Å². The SMILES string of the molecule is Fc1ccc(CNC2CC2)cc1C1CCc2cccnc21. The van der Waals surface area contributed by atoms with Gasteiger partial charge in [-0.25, -0.2) is 4.39 Å². The minimum Gasteiger partial charge on any atom is -0.310 e. The van der Waals surface area contributed by atoms with Gasteiger partial charge in [-0.2, -0.15) is 0 Å². The number of nitrogens with one attached hydrogen (secondary N) is 1. The van der Waals surface area contributed by atoms with Crippen LogP contribution in [0.15, 0.2) is 36.5 Å². The van der Waals surface area contributed by atoms with E-state index in [0.717, 1.165) is 30.6 Å². The highest BCUT2D eigenvalue weighted by molar-refractivity contribution is 5.40. The molecule has 108 valence electrons. The van der Waals surface area contributed by atoms with Crippen LogP contribution in [0.3, 0.4) is 0 Å². The van der Waals surface area contributed by atoms with Gasteiger partial charge in [0.1, 0.15) is 5.82 Å². The molecular weight excluding hydrogens is 263 g/mol. The highest BCUT2D eigenvalue weighted by Gasteiger charge is 2.27. The summed E-state index contributed by atoms with van der Waals surface area (Å²) in [6.45, 7) is 0.833. The molecule has 0 spiro atoms. The van der Waals surface area contributed by atoms with Gasteiger partial charge in [0, 0.05) is 24.7 Å². The molecule has 0 amide bonds. The van der Waals surface area contributed by atoms with Crippen molar-refractivity contribution in [1.82, 2.24) is 10.3 Å². The van der Waals surface area contributed by atoms with Crippen molar-refractivity contribution in [2.24, 2.45) is 0 Å². The summed E-state index contributed by atoms with van der Waals surface area (Å²) in [6, 6.07) is 10.3. The number of hydrogen-bond donors (Lipinski definition) is 1. The highest BCUT2D eigenvalue weighted by Crippen LogP contribution is 2.37. The lowest BCUT2D eigenvalue weighted by atomic mass is 9.94. The Kier molecular flexibility index (Phi) is 3.23. The zero-order valence-corrected chi connectivity index (χ0v) is 12.0. The van der Waals surface area contributed by atoms with Crippen molar-refractivity contribution < 1.29 is 4.39 Å². The van der Waals surface area contributed by atoms with Crippen LogP contribution in [0.5, 0.6) is 0 Å². The molecule has 0 aliphatic heterocycles. The molecule has 3 heteroatoms. The third-order valence-corrected chi connectivity index (χ3v) is 4.57. The summed E-state index contributed by atoms with van der Waals surface area (Å²) < 4.78 is 14.3. The summed E-state index contributed by atoms with van der Waals surface area (Å²) in [5.41, 5.74) is 4.30. The average Bonchev–Trinajstić information content (AvgIpc) is 3.25. The maximum Gasteiger partial charge on any atom is 0.127 e. The molecule has 1 atom stereocenters. The van der Waals surface area contributed by atoms with E-state index in [1.165, 1.54) is 24.0 Å². The Morgan fingerprint density at radius 2 is 2.10 bits per heavy atom. The first-order valence-corrected chi connectivity index (χ1v) is 7.77. The van der Waals surface area contributed by atoms with Crippen LogP contribution in [0.25, 0.3) is 0 Å². The van der Waals surface area contributed by atoms with Gasteiger partial charge in [-0.05, 0) is 54.5 Å². The van der Waals surface area contributed by atoms with Crippen molar-refractivity contribution in [3.8, 4) is 0 Å². The van der Waals surface area contributed by atoms with Gasteiger partial charge in [0.15, 0.2) is 0 Å². The number of fused-ring (bicyclic) bond motifs is 1. The lowest BCUT2D eigenvalue weighted by Crippen LogP contribution is -2.15. The van der Waals surface area contributed by atoms with Crippen molar-refractivity contribution in [1.29, 1.82) is 0 Å². The first-order valence-electron chi connectivity index (χ1n) is 7.77. The second-order valence-electron chi connectivity index (χ2n) is 6.15. The summed E-state index contributed by atoms with van der Waals surface area (Å²) in [7, 11) is 0. The predicted molar refractivity (Wildman–Crippen MR) is 80.7 cm³/mol. The van der Waals surface area contributed by atoms with E-state index >= 15 is 0 Å². The molecular formula is C18H19FN2. The van der Waals surface area contributed by atoms with E-state index in [0.29, 0.717) is 6.04 Å². The molecule has 0 saturated heterocycles. The topological polar surface area (TPSA) is 24.9 Å². The van der Waals surface area contributed by atoms with Crippen LogP contribution in [-0.4, -0.2) is 11.0 Å². The van der Waals surface area contributed by atoms with E-state index in [4.69, 9.17) is 0 Å². The largest absolute Gasteiger partial charge is 0.310 e. The minimum atomic E-state index is -0.103.